The summed E-state index contributed by atoms with van der Waals surface area (Å²) in [7, 11) is -1.71. The molecule has 0 heterocycles. The monoisotopic (exact) mass is 421 g/mol. The van der Waals surface area contributed by atoms with Crippen molar-refractivity contribution in [3.8, 4) is 0 Å². The minimum absolute atomic E-state index is 0.205. The lowest BCUT2D eigenvalue weighted by Gasteiger charge is -2.37. The highest BCUT2D eigenvalue weighted by Crippen LogP contribution is 2.35. The summed E-state index contributed by atoms with van der Waals surface area (Å²) in [4.78, 5) is 24.9. The minimum atomic E-state index is -1.71. The second kappa shape index (κ2) is 9.33. The summed E-state index contributed by atoms with van der Waals surface area (Å²) in [6, 6.07) is 7.56. The van der Waals surface area contributed by atoms with Gasteiger partial charge in [0.1, 0.15) is 11.6 Å². The standard InChI is InChI=1S/C23H39NO4Si/c1-16(2)27-20(25)19(24-21(26)28-22(3,4)5)15-17-12-11-13-18(14-17)29(9,10)23(6,7)8/h11-14,16,19H,15H2,1-10H3,(H,24,26)/t19-/m1/s1. The Bertz CT molecular complexity index is 714. The number of carbonyl (C=O) groups excluding carboxylic acids is 2. The number of benzene rings is 1. The first kappa shape index (κ1) is 25.2. The van der Waals surface area contributed by atoms with Crippen LogP contribution in [0.2, 0.25) is 18.1 Å². The van der Waals surface area contributed by atoms with Crippen molar-refractivity contribution in [2.24, 2.45) is 0 Å². The third kappa shape index (κ3) is 7.84. The molecule has 1 aromatic carbocycles. The van der Waals surface area contributed by atoms with Gasteiger partial charge in [0, 0.05) is 6.42 Å². The van der Waals surface area contributed by atoms with Gasteiger partial charge in [-0.25, -0.2) is 9.59 Å². The third-order valence-corrected chi connectivity index (χ3v) is 10.8. The zero-order valence-corrected chi connectivity index (χ0v) is 20.8. The van der Waals surface area contributed by atoms with Crippen LogP contribution in [-0.4, -0.2) is 37.9 Å². The Labute approximate surface area is 177 Å². The number of hydrogen-bond acceptors (Lipinski definition) is 4. The van der Waals surface area contributed by atoms with Gasteiger partial charge in [0.05, 0.1) is 14.2 Å². The highest BCUT2D eigenvalue weighted by molar-refractivity contribution is 6.92. The topological polar surface area (TPSA) is 64.6 Å². The SMILES string of the molecule is CC(C)OC(=O)[C@@H](Cc1cccc([Si](C)(C)C(C)(C)C)c1)NC(=O)OC(C)(C)C. The Morgan fingerprint density at radius 3 is 2.14 bits per heavy atom. The van der Waals surface area contributed by atoms with E-state index in [1.807, 2.05) is 12.1 Å². The maximum atomic E-state index is 12.6. The molecular weight excluding hydrogens is 382 g/mol. The van der Waals surface area contributed by atoms with Gasteiger partial charge in [-0.3, -0.25) is 0 Å². The Balaban J connectivity index is 3.11. The van der Waals surface area contributed by atoms with Crippen molar-refractivity contribution in [2.45, 2.75) is 97.7 Å². The van der Waals surface area contributed by atoms with Crippen molar-refractivity contribution in [1.82, 2.24) is 5.32 Å². The van der Waals surface area contributed by atoms with Gasteiger partial charge in [-0.2, -0.15) is 0 Å². The molecule has 0 saturated heterocycles. The van der Waals surface area contributed by atoms with Crippen LogP contribution in [0.3, 0.4) is 0 Å². The van der Waals surface area contributed by atoms with Gasteiger partial charge in [-0.05, 0) is 45.2 Å². The molecular formula is C23H39NO4Si. The van der Waals surface area contributed by atoms with E-state index in [9.17, 15) is 9.59 Å². The number of amides is 1. The number of nitrogens with one attached hydrogen (secondary N) is 1. The van der Waals surface area contributed by atoms with Crippen molar-refractivity contribution < 1.29 is 19.1 Å². The Hall–Kier alpha value is -1.82. The summed E-state index contributed by atoms with van der Waals surface area (Å²) < 4.78 is 10.7. The first-order valence-electron chi connectivity index (χ1n) is 10.3. The van der Waals surface area contributed by atoms with E-state index in [1.54, 1.807) is 34.6 Å². The molecule has 1 rings (SSSR count). The van der Waals surface area contributed by atoms with Gasteiger partial charge in [0.2, 0.25) is 0 Å². The van der Waals surface area contributed by atoms with E-state index in [-0.39, 0.29) is 11.1 Å². The van der Waals surface area contributed by atoms with E-state index in [4.69, 9.17) is 9.47 Å². The first-order valence-corrected chi connectivity index (χ1v) is 13.3. The molecule has 0 aliphatic carbocycles. The third-order valence-electron chi connectivity index (χ3n) is 5.29. The zero-order valence-electron chi connectivity index (χ0n) is 19.8. The van der Waals surface area contributed by atoms with Crippen LogP contribution < -0.4 is 10.5 Å². The van der Waals surface area contributed by atoms with E-state index < -0.39 is 31.8 Å². The molecule has 0 aliphatic rings. The second-order valence-corrected chi connectivity index (χ2v) is 15.8. The predicted molar refractivity (Wildman–Crippen MR) is 121 cm³/mol. The molecule has 164 valence electrons. The minimum Gasteiger partial charge on any atom is -0.461 e. The fourth-order valence-corrected chi connectivity index (χ4v) is 4.64. The Morgan fingerprint density at radius 1 is 1.07 bits per heavy atom. The van der Waals surface area contributed by atoms with Gasteiger partial charge in [0.15, 0.2) is 0 Å². The van der Waals surface area contributed by atoms with Crippen molar-refractivity contribution in [3.05, 3.63) is 29.8 Å². The van der Waals surface area contributed by atoms with Crippen LogP contribution in [0, 0.1) is 0 Å². The molecule has 0 bridgehead atoms. The number of esters is 1. The van der Waals surface area contributed by atoms with Crippen LogP contribution in [0.1, 0.15) is 61.0 Å². The molecule has 1 amide bonds. The largest absolute Gasteiger partial charge is 0.461 e. The van der Waals surface area contributed by atoms with Crippen LogP contribution in [0.5, 0.6) is 0 Å². The van der Waals surface area contributed by atoms with E-state index in [0.717, 1.165) is 5.56 Å². The van der Waals surface area contributed by atoms with E-state index >= 15 is 0 Å². The Kier molecular flexibility index (Phi) is 8.11. The molecule has 0 radical (unpaired) electrons. The maximum absolute atomic E-state index is 12.6. The quantitative estimate of drug-likeness (QED) is 0.530. The van der Waals surface area contributed by atoms with Gasteiger partial charge < -0.3 is 14.8 Å². The predicted octanol–water partition coefficient (Wildman–Crippen LogP) is 4.79. The fraction of sp³-hybridized carbons (Fsp3) is 0.652. The summed E-state index contributed by atoms with van der Waals surface area (Å²) in [5, 5.41) is 4.23. The number of hydrogen-bond donors (Lipinski definition) is 1. The van der Waals surface area contributed by atoms with E-state index in [2.05, 4.69) is 51.3 Å². The summed E-state index contributed by atoms with van der Waals surface area (Å²) >= 11 is 0. The summed E-state index contributed by atoms with van der Waals surface area (Å²) in [6.07, 6.45) is -0.527. The maximum Gasteiger partial charge on any atom is 0.408 e. The zero-order chi connectivity index (χ0) is 22.6. The molecule has 1 atom stereocenters. The van der Waals surface area contributed by atoms with E-state index in [1.165, 1.54) is 5.19 Å². The van der Waals surface area contributed by atoms with Crippen LogP contribution in [-0.2, 0) is 20.7 Å². The highest BCUT2D eigenvalue weighted by atomic mass is 28.3. The average molecular weight is 422 g/mol. The Morgan fingerprint density at radius 2 is 1.66 bits per heavy atom. The highest BCUT2D eigenvalue weighted by Gasteiger charge is 2.37. The smallest absolute Gasteiger partial charge is 0.408 e. The molecule has 0 aliphatic heterocycles. The molecule has 0 unspecified atom stereocenters. The molecule has 1 aromatic rings. The van der Waals surface area contributed by atoms with Crippen LogP contribution in [0.4, 0.5) is 4.79 Å². The lowest BCUT2D eigenvalue weighted by Crippen LogP contribution is -2.50. The van der Waals surface area contributed by atoms with Crippen LogP contribution in [0.15, 0.2) is 24.3 Å². The second-order valence-electron chi connectivity index (χ2n) is 10.5. The number of rotatable bonds is 6. The number of alkyl carbamates (subject to hydrolysis) is 1. The fourth-order valence-electron chi connectivity index (χ4n) is 2.71. The van der Waals surface area contributed by atoms with Crippen molar-refractivity contribution >= 4 is 25.3 Å². The lowest BCUT2D eigenvalue weighted by atomic mass is 10.1. The number of ether oxygens (including phenoxy) is 2. The molecule has 6 heteroatoms. The molecule has 5 nitrogen and oxygen atoms in total. The molecule has 29 heavy (non-hydrogen) atoms. The first-order chi connectivity index (χ1) is 13.0. The van der Waals surface area contributed by atoms with Crippen molar-refractivity contribution in [2.75, 3.05) is 0 Å². The molecule has 0 fully saturated rings. The molecule has 0 aromatic heterocycles. The molecule has 0 saturated carbocycles. The van der Waals surface area contributed by atoms with Gasteiger partial charge in [-0.15, -0.1) is 0 Å². The molecule has 1 N–H and O–H groups in total. The van der Waals surface area contributed by atoms with Gasteiger partial charge >= 0.3 is 12.1 Å². The van der Waals surface area contributed by atoms with E-state index in [0.29, 0.717) is 6.42 Å². The normalized spacial score (nSPS) is 13.8. The molecule has 0 spiro atoms. The summed E-state index contributed by atoms with van der Waals surface area (Å²) in [5.74, 6) is -0.455. The summed E-state index contributed by atoms with van der Waals surface area (Å²) in [5.41, 5.74) is 0.354. The van der Waals surface area contributed by atoms with Crippen molar-refractivity contribution in [3.63, 3.8) is 0 Å². The van der Waals surface area contributed by atoms with Crippen LogP contribution in [0.25, 0.3) is 0 Å². The number of carbonyl (C=O) groups is 2. The van der Waals surface area contributed by atoms with Crippen LogP contribution >= 0.6 is 0 Å². The van der Waals surface area contributed by atoms with Crippen molar-refractivity contribution in [1.29, 1.82) is 0 Å². The van der Waals surface area contributed by atoms with Gasteiger partial charge in [0.25, 0.3) is 0 Å². The average Bonchev–Trinajstić information content (AvgIpc) is 2.51. The summed E-state index contributed by atoms with van der Waals surface area (Å²) in [6.45, 7) is 20.5. The lowest BCUT2D eigenvalue weighted by molar-refractivity contribution is -0.149. The van der Waals surface area contributed by atoms with Gasteiger partial charge in [-0.1, -0.05) is 63.3 Å².